The smallest absolute Gasteiger partial charge is 0 e. The van der Waals surface area contributed by atoms with Crippen LogP contribution in [0.4, 0.5) is 0 Å². The predicted octanol–water partition coefficient (Wildman–Crippen LogP) is 6.68. The molecule has 0 saturated carbocycles. The zero-order valence-electron chi connectivity index (χ0n) is 19.5. The van der Waals surface area contributed by atoms with Crippen molar-refractivity contribution in [3.63, 3.8) is 0 Å². The number of rotatable bonds is 5. The van der Waals surface area contributed by atoms with Crippen LogP contribution in [0.3, 0.4) is 0 Å². The molecule has 35 heavy (non-hydrogen) atoms. The molecule has 0 amide bonds. The topological polar surface area (TPSA) is 68.9 Å². The van der Waals surface area contributed by atoms with Gasteiger partial charge in [0.2, 0.25) is 0 Å². The quantitative estimate of drug-likeness (QED) is 0.210. The number of hydrogen-bond donors (Lipinski definition) is 0. The second-order valence-electron chi connectivity index (χ2n) is 6.85. The molecule has 0 atom stereocenters. The molecule has 4 nitrogen and oxygen atoms in total. The van der Waals surface area contributed by atoms with Gasteiger partial charge in [0.1, 0.15) is 0 Å². The maximum Gasteiger partial charge on any atom is 0 e. The molecule has 1 aliphatic rings. The molecule has 5 radical (unpaired) electrons. The molecule has 0 N–H and O–H groups in total. The van der Waals surface area contributed by atoms with Crippen LogP contribution in [0.2, 0.25) is 0 Å². The number of hydrogen-bond acceptors (Lipinski definition) is 1. The molecule has 0 aromatic heterocycles. The zero-order valence-corrected chi connectivity index (χ0v) is 21.7. The Morgan fingerprint density at radius 1 is 0.600 bits per heavy atom. The predicted molar refractivity (Wildman–Crippen MR) is 131 cm³/mol. The monoisotopic (exact) mass is 520 g/mol. The fourth-order valence-corrected chi connectivity index (χ4v) is 7.36. The van der Waals surface area contributed by atoms with Crippen LogP contribution in [-0.2, 0) is 35.8 Å². The van der Waals surface area contributed by atoms with Crippen LogP contribution < -0.4 is 0 Å². The number of benzene rings is 3. The van der Waals surface area contributed by atoms with Crippen molar-refractivity contribution in [2.75, 3.05) is 13.3 Å². The van der Waals surface area contributed by atoms with Crippen molar-refractivity contribution in [3.8, 4) is 0 Å². The summed E-state index contributed by atoms with van der Waals surface area (Å²) in [4.78, 5) is 0. The van der Waals surface area contributed by atoms with Crippen molar-refractivity contribution in [2.45, 2.75) is 6.92 Å². The van der Waals surface area contributed by atoms with Gasteiger partial charge in [0.05, 0.1) is 13.3 Å². The van der Waals surface area contributed by atoms with Crippen LogP contribution in [0.25, 0.3) is 0 Å². The molecular formula is C29H25CrO4P+. The molecule has 3 aromatic rings. The standard InChI is InChI=1S/C26H25OP.3CO.Cr/c1-3-28(27-2)25(22-15-9-5-10-16-22)19-24(21-13-7-4-8-14-21)20-26(28)23-17-11-6-12-18-23;3*1-2;/h4-20H,3H2,1-2H3;;;;/q+1;;;;. The van der Waals surface area contributed by atoms with Crippen LogP contribution >= 0.6 is 7.49 Å². The third kappa shape index (κ3) is 7.90. The second kappa shape index (κ2) is 18.1. The molecule has 175 valence electrons. The van der Waals surface area contributed by atoms with Crippen molar-refractivity contribution in [3.05, 3.63) is 158 Å². The van der Waals surface area contributed by atoms with Crippen LogP contribution in [0.1, 0.15) is 23.6 Å². The second-order valence-corrected chi connectivity index (χ2v) is 10.3. The first kappa shape index (κ1) is 32.8. The third-order valence-electron chi connectivity index (χ3n) is 5.37. The minimum atomic E-state index is -1.97. The average Bonchev–Trinajstić information content (AvgIpc) is 2.97. The Bertz CT molecular complexity index is 937. The normalized spacial score (nSPS) is 14.7. The average molecular weight is 520 g/mol. The van der Waals surface area contributed by atoms with E-state index in [-0.39, 0.29) is 17.4 Å². The van der Waals surface area contributed by atoms with E-state index in [1.54, 1.807) is 0 Å². The summed E-state index contributed by atoms with van der Waals surface area (Å²) in [7, 11) is -0.0992. The van der Waals surface area contributed by atoms with Gasteiger partial charge in [0, 0.05) is 47.2 Å². The molecule has 0 unspecified atom stereocenters. The molecule has 1 saturated heterocycles. The fraction of sp³-hybridized carbons (Fsp3) is 0.103. The molecule has 0 aliphatic carbocycles. The molecule has 0 spiro atoms. The van der Waals surface area contributed by atoms with E-state index in [0.29, 0.717) is 0 Å². The third-order valence-corrected chi connectivity index (χ3v) is 9.21. The van der Waals surface area contributed by atoms with Crippen molar-refractivity contribution < 1.29 is 35.8 Å². The Balaban J connectivity index is 0.00000154. The summed E-state index contributed by atoms with van der Waals surface area (Å²) in [5.41, 5.74) is 6.36. The molecule has 1 fully saturated rings. The van der Waals surface area contributed by atoms with E-state index in [0.717, 1.165) is 6.16 Å². The van der Waals surface area contributed by atoms with Gasteiger partial charge in [-0.05, 0) is 12.5 Å². The summed E-state index contributed by atoms with van der Waals surface area (Å²) in [5, 5.41) is 0. The van der Waals surface area contributed by atoms with E-state index in [4.69, 9.17) is 18.5 Å². The minimum Gasteiger partial charge on any atom is 0 e. The van der Waals surface area contributed by atoms with Crippen LogP contribution in [0, 0.1) is 50.0 Å². The summed E-state index contributed by atoms with van der Waals surface area (Å²) in [6.45, 7) is 15.7. The van der Waals surface area contributed by atoms with E-state index in [1.807, 2.05) is 7.11 Å². The van der Waals surface area contributed by atoms with Gasteiger partial charge in [0.15, 0.2) is 18.8 Å². The van der Waals surface area contributed by atoms with Crippen molar-refractivity contribution in [1.29, 1.82) is 0 Å². The summed E-state index contributed by atoms with van der Waals surface area (Å²) < 4.78 is 28.9. The van der Waals surface area contributed by atoms with Gasteiger partial charge in [-0.15, -0.1) is 0 Å². The minimum absolute atomic E-state index is 0. The van der Waals surface area contributed by atoms with Crippen molar-refractivity contribution in [1.82, 2.24) is 0 Å². The maximum absolute atomic E-state index is 7.50. The maximum atomic E-state index is 7.50. The van der Waals surface area contributed by atoms with Gasteiger partial charge < -0.3 is 0 Å². The Morgan fingerprint density at radius 2 is 0.914 bits per heavy atom. The summed E-state index contributed by atoms with van der Waals surface area (Å²) >= 11 is 0. The van der Waals surface area contributed by atoms with Gasteiger partial charge in [-0.2, -0.15) is 0 Å². The Hall–Kier alpha value is -2.20. The Labute approximate surface area is 220 Å². The summed E-state index contributed by atoms with van der Waals surface area (Å²) in [5.74, 6) is 1.24. The first-order valence-corrected chi connectivity index (χ1v) is 12.2. The van der Waals surface area contributed by atoms with E-state index >= 15 is 0 Å². The SMILES string of the molecule is CC[P+]1(OC)[C](c2ccccc2)[CH][C](c2ccccc2)[CH][C]1c1ccccc1.[C-]#[O+].[C-]#[O+].[C-]#[O+].[Cr]. The van der Waals surface area contributed by atoms with Gasteiger partial charge >= 0.3 is 33.9 Å². The largest absolute Gasteiger partial charge is 0 e. The van der Waals surface area contributed by atoms with Gasteiger partial charge in [-0.3, -0.25) is 0 Å². The van der Waals surface area contributed by atoms with Gasteiger partial charge in [-0.1, -0.05) is 91.0 Å². The Kier molecular flexibility index (Phi) is 17.0. The van der Waals surface area contributed by atoms with Crippen molar-refractivity contribution in [2.24, 2.45) is 0 Å². The van der Waals surface area contributed by atoms with E-state index < -0.39 is 7.49 Å². The first-order valence-electron chi connectivity index (χ1n) is 10.3. The van der Waals surface area contributed by atoms with E-state index in [1.165, 1.54) is 33.9 Å². The van der Waals surface area contributed by atoms with Crippen LogP contribution in [0.5, 0.6) is 0 Å². The van der Waals surface area contributed by atoms with Crippen LogP contribution in [0.15, 0.2) is 91.0 Å². The molecule has 1 heterocycles. The first-order chi connectivity index (χ1) is 16.8. The van der Waals surface area contributed by atoms with Gasteiger partial charge in [0.25, 0.3) is 0 Å². The van der Waals surface area contributed by atoms with E-state index in [9.17, 15) is 0 Å². The Morgan fingerprint density at radius 3 is 1.20 bits per heavy atom. The summed E-state index contributed by atoms with van der Waals surface area (Å²) in [6, 6.07) is 32.0. The zero-order chi connectivity index (χ0) is 25.4. The molecule has 3 aromatic carbocycles. The van der Waals surface area contributed by atoms with E-state index in [2.05, 4.69) is 131 Å². The van der Waals surface area contributed by atoms with Crippen molar-refractivity contribution >= 4 is 7.49 Å². The molecule has 4 rings (SSSR count). The molecular weight excluding hydrogens is 495 g/mol. The summed E-state index contributed by atoms with van der Waals surface area (Å²) in [6.07, 6.45) is 5.66. The molecule has 0 bridgehead atoms. The molecule has 6 heteroatoms. The molecule has 1 aliphatic heterocycles. The van der Waals surface area contributed by atoms with Gasteiger partial charge in [-0.25, -0.2) is 4.52 Å². The van der Waals surface area contributed by atoms with Crippen LogP contribution in [-0.4, -0.2) is 13.3 Å². The fourth-order valence-electron chi connectivity index (χ4n) is 3.94.